The van der Waals surface area contributed by atoms with Crippen molar-refractivity contribution < 1.29 is 4.79 Å². The lowest BCUT2D eigenvalue weighted by molar-refractivity contribution is 0.0742. The normalized spacial score (nSPS) is 15.0. The van der Waals surface area contributed by atoms with Crippen LogP contribution in [0.15, 0.2) is 48.5 Å². The van der Waals surface area contributed by atoms with Crippen LogP contribution in [-0.2, 0) is 0 Å². The van der Waals surface area contributed by atoms with Crippen LogP contribution in [0.3, 0.4) is 0 Å². The zero-order chi connectivity index (χ0) is 17.4. The van der Waals surface area contributed by atoms with Gasteiger partial charge in [0.25, 0.3) is 5.91 Å². The number of hydrogen-bond acceptors (Lipinski definition) is 2. The van der Waals surface area contributed by atoms with Crippen molar-refractivity contribution in [2.24, 2.45) is 0 Å². The molecule has 0 spiro atoms. The zero-order valence-electron chi connectivity index (χ0n) is 14.1. The molecular formula is C20H20ClN3O. The molecule has 0 unspecified atom stereocenters. The van der Waals surface area contributed by atoms with Gasteiger partial charge in [-0.15, -0.1) is 0 Å². The van der Waals surface area contributed by atoms with Crippen molar-refractivity contribution in [3.8, 4) is 0 Å². The summed E-state index contributed by atoms with van der Waals surface area (Å²) in [4.78, 5) is 20.3. The summed E-state index contributed by atoms with van der Waals surface area (Å²) in [6.45, 7) is 5.28. The Hall–Kier alpha value is -2.46. The lowest BCUT2D eigenvalue weighted by Crippen LogP contribution is -2.49. The van der Waals surface area contributed by atoms with Crippen molar-refractivity contribution in [3.05, 3.63) is 64.8 Å². The maximum atomic E-state index is 12.8. The van der Waals surface area contributed by atoms with Crippen molar-refractivity contribution in [1.82, 2.24) is 9.88 Å². The first kappa shape index (κ1) is 16.0. The highest BCUT2D eigenvalue weighted by Gasteiger charge is 2.24. The van der Waals surface area contributed by atoms with E-state index >= 15 is 0 Å². The largest absolute Gasteiger partial charge is 0.368 e. The summed E-state index contributed by atoms with van der Waals surface area (Å²) in [5, 5.41) is 1.65. The van der Waals surface area contributed by atoms with Crippen LogP contribution in [0.25, 0.3) is 10.9 Å². The van der Waals surface area contributed by atoms with Crippen molar-refractivity contribution in [2.75, 3.05) is 31.1 Å². The Balaban J connectivity index is 1.48. The van der Waals surface area contributed by atoms with Gasteiger partial charge in [-0.1, -0.05) is 29.8 Å². The van der Waals surface area contributed by atoms with Crippen LogP contribution < -0.4 is 4.90 Å². The van der Waals surface area contributed by atoms with Gasteiger partial charge < -0.3 is 14.8 Å². The molecule has 128 valence electrons. The lowest BCUT2D eigenvalue weighted by Gasteiger charge is -2.36. The molecule has 25 heavy (non-hydrogen) atoms. The molecule has 0 saturated carbocycles. The Morgan fingerprint density at radius 1 is 1.04 bits per heavy atom. The minimum Gasteiger partial charge on any atom is -0.368 e. The molecule has 5 heteroatoms. The maximum absolute atomic E-state index is 12.8. The number of nitrogens with zero attached hydrogens (tertiary/aromatic N) is 2. The van der Waals surface area contributed by atoms with Crippen molar-refractivity contribution in [1.29, 1.82) is 0 Å². The number of rotatable bonds is 2. The summed E-state index contributed by atoms with van der Waals surface area (Å²) < 4.78 is 0. The van der Waals surface area contributed by atoms with E-state index in [0.29, 0.717) is 10.7 Å². The number of benzene rings is 2. The van der Waals surface area contributed by atoms with Gasteiger partial charge in [0.15, 0.2) is 0 Å². The van der Waals surface area contributed by atoms with Crippen LogP contribution >= 0.6 is 11.6 Å². The van der Waals surface area contributed by atoms with Gasteiger partial charge in [0.05, 0.1) is 0 Å². The van der Waals surface area contributed by atoms with E-state index in [9.17, 15) is 4.79 Å². The van der Waals surface area contributed by atoms with Crippen LogP contribution in [0.5, 0.6) is 0 Å². The molecule has 1 N–H and O–H groups in total. The van der Waals surface area contributed by atoms with E-state index in [1.165, 1.54) is 11.3 Å². The molecule has 1 aliphatic rings. The number of amides is 1. The third kappa shape index (κ3) is 3.10. The molecule has 2 aromatic carbocycles. The molecular weight excluding hydrogens is 334 g/mol. The Morgan fingerprint density at radius 2 is 1.80 bits per heavy atom. The predicted octanol–water partition coefficient (Wildman–Crippen LogP) is 4.09. The van der Waals surface area contributed by atoms with E-state index in [0.717, 1.165) is 37.1 Å². The highest BCUT2D eigenvalue weighted by molar-refractivity contribution is 6.31. The molecule has 0 aliphatic carbocycles. The topological polar surface area (TPSA) is 39.3 Å². The van der Waals surface area contributed by atoms with E-state index in [4.69, 9.17) is 11.6 Å². The Bertz CT molecular complexity index is 926. The maximum Gasteiger partial charge on any atom is 0.270 e. The van der Waals surface area contributed by atoms with E-state index in [1.807, 2.05) is 29.2 Å². The number of carbonyl (C=O) groups is 1. The molecule has 0 radical (unpaired) electrons. The van der Waals surface area contributed by atoms with Crippen molar-refractivity contribution >= 4 is 34.1 Å². The van der Waals surface area contributed by atoms with Gasteiger partial charge in [0.2, 0.25) is 0 Å². The number of hydrogen-bond donors (Lipinski definition) is 1. The Labute approximate surface area is 152 Å². The van der Waals surface area contributed by atoms with Gasteiger partial charge >= 0.3 is 0 Å². The third-order valence-corrected chi connectivity index (χ3v) is 5.07. The van der Waals surface area contributed by atoms with Gasteiger partial charge in [0, 0.05) is 47.8 Å². The molecule has 1 aromatic heterocycles. The SMILES string of the molecule is Cc1ccccc1N1CCN(C(=O)c2cc3cc(Cl)ccc3[nH]2)CC1. The van der Waals surface area contributed by atoms with Crippen LogP contribution in [0.1, 0.15) is 16.1 Å². The standard InChI is InChI=1S/C20H20ClN3O/c1-14-4-2-3-5-19(14)23-8-10-24(11-9-23)20(25)18-13-15-12-16(21)6-7-17(15)22-18/h2-7,12-13,22H,8-11H2,1H3. The molecule has 1 aliphatic heterocycles. The smallest absolute Gasteiger partial charge is 0.270 e. The minimum atomic E-state index is 0.0526. The second-order valence-corrected chi connectivity index (χ2v) is 6.92. The van der Waals surface area contributed by atoms with Crippen LogP contribution in [0.4, 0.5) is 5.69 Å². The van der Waals surface area contributed by atoms with E-state index in [2.05, 4.69) is 41.1 Å². The fourth-order valence-electron chi connectivity index (χ4n) is 3.46. The molecule has 4 nitrogen and oxygen atoms in total. The Morgan fingerprint density at radius 3 is 2.56 bits per heavy atom. The van der Waals surface area contributed by atoms with Gasteiger partial charge in [0.1, 0.15) is 5.69 Å². The van der Waals surface area contributed by atoms with Crippen LogP contribution in [-0.4, -0.2) is 42.0 Å². The monoisotopic (exact) mass is 353 g/mol. The molecule has 1 saturated heterocycles. The highest BCUT2D eigenvalue weighted by Crippen LogP contribution is 2.23. The summed E-state index contributed by atoms with van der Waals surface area (Å²) in [6.07, 6.45) is 0. The Kier molecular flexibility index (Phi) is 4.14. The number of aromatic amines is 1. The van der Waals surface area contributed by atoms with Gasteiger partial charge in [-0.25, -0.2) is 0 Å². The number of carbonyl (C=O) groups excluding carboxylic acids is 1. The summed E-state index contributed by atoms with van der Waals surface area (Å²) in [7, 11) is 0. The number of halogens is 1. The summed E-state index contributed by atoms with van der Waals surface area (Å²) >= 11 is 6.03. The van der Waals surface area contributed by atoms with Crippen LogP contribution in [0.2, 0.25) is 5.02 Å². The molecule has 0 bridgehead atoms. The fourth-order valence-corrected chi connectivity index (χ4v) is 3.64. The first-order valence-corrected chi connectivity index (χ1v) is 8.88. The predicted molar refractivity (Wildman–Crippen MR) is 103 cm³/mol. The first-order chi connectivity index (χ1) is 12.1. The number of H-pyrrole nitrogens is 1. The first-order valence-electron chi connectivity index (χ1n) is 8.50. The number of piperazine rings is 1. The number of fused-ring (bicyclic) bond motifs is 1. The van der Waals surface area contributed by atoms with E-state index in [1.54, 1.807) is 0 Å². The fraction of sp³-hybridized carbons (Fsp3) is 0.250. The highest BCUT2D eigenvalue weighted by atomic mass is 35.5. The summed E-state index contributed by atoms with van der Waals surface area (Å²) in [6, 6.07) is 15.9. The zero-order valence-corrected chi connectivity index (χ0v) is 14.9. The van der Waals surface area contributed by atoms with Gasteiger partial charge in [-0.2, -0.15) is 0 Å². The third-order valence-electron chi connectivity index (χ3n) is 4.84. The van der Waals surface area contributed by atoms with Crippen LogP contribution in [0, 0.1) is 6.92 Å². The van der Waals surface area contributed by atoms with Crippen molar-refractivity contribution in [3.63, 3.8) is 0 Å². The summed E-state index contributed by atoms with van der Waals surface area (Å²) in [5.74, 6) is 0.0526. The number of nitrogens with one attached hydrogen (secondary N) is 1. The molecule has 3 aromatic rings. The number of aromatic nitrogens is 1. The van der Waals surface area contributed by atoms with Gasteiger partial charge in [-0.05, 0) is 42.8 Å². The summed E-state index contributed by atoms with van der Waals surface area (Å²) in [5.41, 5.74) is 4.09. The van der Waals surface area contributed by atoms with Crippen molar-refractivity contribution in [2.45, 2.75) is 6.92 Å². The van der Waals surface area contributed by atoms with E-state index in [-0.39, 0.29) is 5.91 Å². The number of anilines is 1. The average molecular weight is 354 g/mol. The molecule has 4 rings (SSSR count). The number of aryl methyl sites for hydroxylation is 1. The average Bonchev–Trinajstić information content (AvgIpc) is 3.05. The second-order valence-electron chi connectivity index (χ2n) is 6.48. The quantitative estimate of drug-likeness (QED) is 0.753. The molecule has 1 amide bonds. The molecule has 0 atom stereocenters. The lowest BCUT2D eigenvalue weighted by atomic mass is 10.1. The van der Waals surface area contributed by atoms with Gasteiger partial charge in [-0.3, -0.25) is 4.79 Å². The second kappa shape index (κ2) is 6.45. The number of para-hydroxylation sites is 1. The molecule has 1 fully saturated rings. The minimum absolute atomic E-state index is 0.0526. The molecule has 2 heterocycles. The van der Waals surface area contributed by atoms with E-state index < -0.39 is 0 Å².